The van der Waals surface area contributed by atoms with Gasteiger partial charge in [-0.3, -0.25) is 4.79 Å². The van der Waals surface area contributed by atoms with Crippen LogP contribution in [0, 0.1) is 0 Å². The molecule has 0 amide bonds. The van der Waals surface area contributed by atoms with Crippen molar-refractivity contribution in [2.45, 2.75) is 12.2 Å². The van der Waals surface area contributed by atoms with Crippen molar-refractivity contribution in [3.8, 4) is 34.5 Å². The summed E-state index contributed by atoms with van der Waals surface area (Å²) in [6.07, 6.45) is -2.80. The first-order valence-electron chi connectivity index (χ1n) is 7.27. The molecule has 8 heteroatoms. The van der Waals surface area contributed by atoms with Crippen LogP contribution in [0.2, 0.25) is 0 Å². The molecule has 1 aliphatic rings. The van der Waals surface area contributed by atoms with Gasteiger partial charge in [0.25, 0.3) is 0 Å². The lowest BCUT2D eigenvalue weighted by Gasteiger charge is -2.31. The quantitative estimate of drug-likeness (QED) is 0.657. The number of ketones is 1. The number of hydrogen-bond acceptors (Lipinski definition) is 8. The standard InChI is InChI=1S/C17H16O8/c1-23-11-4-3-7(5-8(11)18)15-14(22)13(21)12-9(19)6-10(20)16(24-2)17(12)25-15/h3-6,14-15,18-20,22H,1-2H3/t14-,15+/m1/s1. The van der Waals surface area contributed by atoms with E-state index in [0.717, 1.165) is 6.07 Å². The van der Waals surface area contributed by atoms with E-state index in [1.54, 1.807) is 0 Å². The van der Waals surface area contributed by atoms with Crippen molar-refractivity contribution in [2.75, 3.05) is 14.2 Å². The fourth-order valence-electron chi connectivity index (χ4n) is 2.77. The number of ether oxygens (including phenoxy) is 3. The van der Waals surface area contributed by atoms with E-state index in [4.69, 9.17) is 14.2 Å². The Morgan fingerprint density at radius 1 is 1.00 bits per heavy atom. The number of aromatic hydroxyl groups is 3. The molecule has 4 N–H and O–H groups in total. The number of aliphatic hydroxyl groups excluding tert-OH is 1. The van der Waals surface area contributed by atoms with Crippen molar-refractivity contribution in [1.29, 1.82) is 0 Å². The van der Waals surface area contributed by atoms with Crippen LogP contribution in [0.4, 0.5) is 0 Å². The summed E-state index contributed by atoms with van der Waals surface area (Å²) in [5.41, 5.74) is 0.0193. The highest BCUT2D eigenvalue weighted by Gasteiger charge is 2.41. The molecule has 0 spiro atoms. The minimum atomic E-state index is -1.62. The van der Waals surface area contributed by atoms with Gasteiger partial charge in [-0.15, -0.1) is 0 Å². The first kappa shape index (κ1) is 16.7. The van der Waals surface area contributed by atoms with Crippen molar-refractivity contribution in [1.82, 2.24) is 0 Å². The van der Waals surface area contributed by atoms with E-state index >= 15 is 0 Å². The van der Waals surface area contributed by atoms with Gasteiger partial charge in [-0.25, -0.2) is 0 Å². The second-order valence-electron chi connectivity index (χ2n) is 5.43. The fraction of sp³-hybridized carbons (Fsp3) is 0.235. The van der Waals surface area contributed by atoms with Crippen molar-refractivity contribution >= 4 is 5.78 Å². The molecule has 0 saturated heterocycles. The third kappa shape index (κ3) is 2.56. The monoisotopic (exact) mass is 348 g/mol. The Hall–Kier alpha value is -3.13. The zero-order valence-electron chi connectivity index (χ0n) is 13.4. The van der Waals surface area contributed by atoms with Crippen LogP contribution < -0.4 is 14.2 Å². The van der Waals surface area contributed by atoms with Gasteiger partial charge in [-0.1, -0.05) is 6.07 Å². The summed E-state index contributed by atoms with van der Waals surface area (Å²) in [6, 6.07) is 5.20. The third-order valence-corrected chi connectivity index (χ3v) is 3.98. The smallest absolute Gasteiger partial charge is 0.204 e. The van der Waals surface area contributed by atoms with Gasteiger partial charge in [-0.2, -0.15) is 0 Å². The van der Waals surface area contributed by atoms with Crippen LogP contribution in [0.25, 0.3) is 0 Å². The van der Waals surface area contributed by atoms with Gasteiger partial charge in [0.05, 0.1) is 14.2 Å². The number of methoxy groups -OCH3 is 2. The molecule has 2 aromatic carbocycles. The normalized spacial score (nSPS) is 19.1. The number of rotatable bonds is 3. The lowest BCUT2D eigenvalue weighted by atomic mass is 9.92. The number of phenolic OH excluding ortho intramolecular Hbond substituents is 3. The summed E-state index contributed by atoms with van der Waals surface area (Å²) in [7, 11) is 2.65. The van der Waals surface area contributed by atoms with Gasteiger partial charge in [0.2, 0.25) is 11.5 Å². The number of phenols is 3. The number of aliphatic hydroxyl groups is 1. The molecule has 1 aliphatic heterocycles. The summed E-state index contributed by atoms with van der Waals surface area (Å²) in [5.74, 6) is -2.05. The number of Topliss-reactive ketones (excluding diaryl/α,β-unsaturated/α-hetero) is 1. The maximum absolute atomic E-state index is 12.5. The summed E-state index contributed by atoms with van der Waals surface area (Å²) in [6.45, 7) is 0. The molecule has 2 atom stereocenters. The van der Waals surface area contributed by atoms with Gasteiger partial charge in [0.15, 0.2) is 35.2 Å². The fourth-order valence-corrected chi connectivity index (χ4v) is 2.77. The lowest BCUT2D eigenvalue weighted by Crippen LogP contribution is -2.36. The van der Waals surface area contributed by atoms with E-state index in [9.17, 15) is 25.2 Å². The molecule has 2 aromatic rings. The molecule has 0 unspecified atom stereocenters. The molecule has 0 aromatic heterocycles. The average molecular weight is 348 g/mol. The zero-order chi connectivity index (χ0) is 18.3. The summed E-state index contributed by atoms with van der Waals surface area (Å²) >= 11 is 0. The van der Waals surface area contributed by atoms with Crippen LogP contribution in [0.5, 0.6) is 34.5 Å². The molecule has 8 nitrogen and oxygen atoms in total. The SMILES string of the molecule is COc1ccc([C@@H]2Oc3c(OC)c(O)cc(O)c3C(=O)[C@H]2O)cc1O. The predicted octanol–water partition coefficient (Wildman–Crippen LogP) is 1.50. The van der Waals surface area contributed by atoms with Gasteiger partial charge in [0.1, 0.15) is 11.3 Å². The Bertz CT molecular complexity index is 845. The molecule has 0 fully saturated rings. The van der Waals surface area contributed by atoms with E-state index in [1.165, 1.54) is 32.4 Å². The molecule has 132 valence electrons. The second-order valence-corrected chi connectivity index (χ2v) is 5.43. The van der Waals surface area contributed by atoms with Gasteiger partial charge < -0.3 is 34.6 Å². The summed E-state index contributed by atoms with van der Waals surface area (Å²) in [5, 5.41) is 40.0. The van der Waals surface area contributed by atoms with Crippen molar-refractivity contribution in [2.24, 2.45) is 0 Å². The first-order valence-corrected chi connectivity index (χ1v) is 7.27. The summed E-state index contributed by atoms with van der Waals surface area (Å²) < 4.78 is 15.6. The molecule has 25 heavy (non-hydrogen) atoms. The Morgan fingerprint density at radius 3 is 2.32 bits per heavy atom. The molecule has 0 aliphatic carbocycles. The van der Waals surface area contributed by atoms with Crippen LogP contribution in [0.1, 0.15) is 22.0 Å². The molecular formula is C17H16O8. The maximum Gasteiger partial charge on any atom is 0.204 e. The molecular weight excluding hydrogens is 332 g/mol. The third-order valence-electron chi connectivity index (χ3n) is 3.98. The number of benzene rings is 2. The van der Waals surface area contributed by atoms with E-state index in [-0.39, 0.29) is 28.6 Å². The van der Waals surface area contributed by atoms with Crippen LogP contribution in [0.15, 0.2) is 24.3 Å². The number of carbonyl (C=O) groups excluding carboxylic acids is 1. The largest absolute Gasteiger partial charge is 0.507 e. The van der Waals surface area contributed by atoms with E-state index in [2.05, 4.69) is 0 Å². The highest BCUT2D eigenvalue weighted by Crippen LogP contribution is 2.49. The number of hydrogen-bond donors (Lipinski definition) is 4. The van der Waals surface area contributed by atoms with Crippen molar-refractivity contribution in [3.05, 3.63) is 35.4 Å². The summed E-state index contributed by atoms with van der Waals surface area (Å²) in [4.78, 5) is 12.5. The minimum Gasteiger partial charge on any atom is -0.507 e. The zero-order valence-corrected chi connectivity index (χ0v) is 13.4. The maximum atomic E-state index is 12.5. The second kappa shape index (κ2) is 6.06. The van der Waals surface area contributed by atoms with Gasteiger partial charge in [-0.05, 0) is 17.7 Å². The Morgan fingerprint density at radius 2 is 1.72 bits per heavy atom. The predicted molar refractivity (Wildman–Crippen MR) is 84.7 cm³/mol. The Labute approximate surface area is 142 Å². The average Bonchev–Trinajstić information content (AvgIpc) is 2.57. The number of carbonyl (C=O) groups is 1. The Balaban J connectivity index is 2.12. The Kier molecular flexibility index (Phi) is 4.05. The van der Waals surface area contributed by atoms with E-state index in [1.807, 2.05) is 0 Å². The minimum absolute atomic E-state index is 0.143. The van der Waals surface area contributed by atoms with Crippen LogP contribution in [0.3, 0.4) is 0 Å². The molecule has 3 rings (SSSR count). The molecule has 0 bridgehead atoms. The molecule has 0 radical (unpaired) electrons. The van der Waals surface area contributed by atoms with Crippen LogP contribution in [-0.4, -0.2) is 46.5 Å². The highest BCUT2D eigenvalue weighted by molar-refractivity contribution is 6.06. The van der Waals surface area contributed by atoms with Crippen LogP contribution in [-0.2, 0) is 0 Å². The number of fused-ring (bicyclic) bond motifs is 1. The van der Waals surface area contributed by atoms with Crippen molar-refractivity contribution in [3.63, 3.8) is 0 Å². The van der Waals surface area contributed by atoms with Gasteiger partial charge in [0, 0.05) is 6.07 Å². The first-order chi connectivity index (χ1) is 11.9. The van der Waals surface area contributed by atoms with E-state index in [0.29, 0.717) is 5.56 Å². The van der Waals surface area contributed by atoms with Gasteiger partial charge >= 0.3 is 0 Å². The lowest BCUT2D eigenvalue weighted by molar-refractivity contribution is 0.0197. The van der Waals surface area contributed by atoms with E-state index < -0.39 is 29.5 Å². The molecule has 0 saturated carbocycles. The van der Waals surface area contributed by atoms with Crippen molar-refractivity contribution < 1.29 is 39.4 Å². The topological polar surface area (TPSA) is 126 Å². The molecule has 1 heterocycles. The van der Waals surface area contributed by atoms with Crippen LogP contribution >= 0.6 is 0 Å². The highest BCUT2D eigenvalue weighted by atomic mass is 16.5.